The Morgan fingerprint density at radius 3 is 2.43 bits per heavy atom. The number of β-amino-alcohol motifs (C(OH)–C–C–N with tert-alkyl or cyclic N) is 1. The Kier molecular flexibility index (Phi) is 6.94. The average Bonchev–Trinajstić information content (AvgIpc) is 3.24. The highest BCUT2D eigenvalue weighted by Crippen LogP contribution is 2.32. The van der Waals surface area contributed by atoms with E-state index in [0.717, 1.165) is 19.5 Å². The van der Waals surface area contributed by atoms with Crippen molar-refractivity contribution in [3.05, 3.63) is 29.8 Å². The summed E-state index contributed by atoms with van der Waals surface area (Å²) in [4.78, 5) is 2.21. The van der Waals surface area contributed by atoms with Gasteiger partial charge in [-0.3, -0.25) is 4.90 Å². The Morgan fingerprint density at radius 2 is 1.86 bits per heavy atom. The van der Waals surface area contributed by atoms with Crippen LogP contribution in [0.15, 0.2) is 24.3 Å². The number of fused-ring (bicyclic) bond motifs is 1. The summed E-state index contributed by atoms with van der Waals surface area (Å²) in [5.41, 5.74) is 0.572. The number of nitriles is 1. The van der Waals surface area contributed by atoms with E-state index in [1.54, 1.807) is 28.6 Å². The van der Waals surface area contributed by atoms with Gasteiger partial charge in [0.2, 0.25) is 10.0 Å². The molecular formula is C20H29N3O4S. The zero-order valence-corrected chi connectivity index (χ0v) is 17.1. The number of aliphatic hydroxyl groups excluding tert-OH is 1. The van der Waals surface area contributed by atoms with Crippen LogP contribution >= 0.6 is 0 Å². The van der Waals surface area contributed by atoms with Gasteiger partial charge in [-0.05, 0) is 42.5 Å². The number of ether oxygens (including phenoxy) is 1. The number of unbranched alkanes of at least 4 members (excludes halogenated alkanes) is 1. The van der Waals surface area contributed by atoms with Crippen molar-refractivity contribution in [1.29, 1.82) is 5.26 Å². The first-order chi connectivity index (χ1) is 13.4. The third kappa shape index (κ3) is 5.23. The molecule has 1 N–H and O–H groups in total. The van der Waals surface area contributed by atoms with E-state index >= 15 is 0 Å². The highest BCUT2D eigenvalue weighted by atomic mass is 32.2. The van der Waals surface area contributed by atoms with Gasteiger partial charge in [0, 0.05) is 32.7 Å². The van der Waals surface area contributed by atoms with E-state index < -0.39 is 16.1 Å². The van der Waals surface area contributed by atoms with Gasteiger partial charge in [-0.2, -0.15) is 5.26 Å². The summed E-state index contributed by atoms with van der Waals surface area (Å²) in [5, 5.41) is 19.1. The van der Waals surface area contributed by atoms with Gasteiger partial charge in [-0.1, -0.05) is 13.3 Å². The lowest BCUT2D eigenvalue weighted by Gasteiger charge is -2.23. The molecule has 3 atom stereocenters. The van der Waals surface area contributed by atoms with Crippen molar-refractivity contribution in [3.63, 3.8) is 0 Å². The molecule has 3 rings (SSSR count). The fraction of sp³-hybridized carbons (Fsp3) is 0.650. The largest absolute Gasteiger partial charge is 0.491 e. The number of hydrogen-bond acceptors (Lipinski definition) is 6. The minimum absolute atomic E-state index is 0.190. The predicted molar refractivity (Wildman–Crippen MR) is 106 cm³/mol. The number of benzene rings is 1. The Bertz CT molecular complexity index is 777. The number of rotatable bonds is 9. The Labute approximate surface area is 167 Å². The third-order valence-electron chi connectivity index (χ3n) is 5.57. The molecule has 28 heavy (non-hydrogen) atoms. The van der Waals surface area contributed by atoms with Crippen LogP contribution in [0.25, 0.3) is 0 Å². The van der Waals surface area contributed by atoms with Crippen LogP contribution in [0, 0.1) is 23.2 Å². The fourth-order valence-electron chi connectivity index (χ4n) is 4.05. The minimum Gasteiger partial charge on any atom is -0.491 e. The topological polar surface area (TPSA) is 93.9 Å². The number of likely N-dealkylation sites (tertiary alicyclic amines) is 1. The van der Waals surface area contributed by atoms with E-state index in [9.17, 15) is 13.5 Å². The molecule has 0 aliphatic carbocycles. The first kappa shape index (κ1) is 21.1. The van der Waals surface area contributed by atoms with Crippen LogP contribution in [0.1, 0.15) is 25.3 Å². The predicted octanol–water partition coefficient (Wildman–Crippen LogP) is 1.29. The fourth-order valence-corrected chi connectivity index (χ4v) is 5.80. The summed E-state index contributed by atoms with van der Waals surface area (Å²) in [5.74, 6) is 1.58. The average molecular weight is 408 g/mol. The van der Waals surface area contributed by atoms with Crippen LogP contribution in [0.3, 0.4) is 0 Å². The van der Waals surface area contributed by atoms with Crippen LogP contribution in [-0.2, 0) is 10.0 Å². The Balaban J connectivity index is 1.41. The van der Waals surface area contributed by atoms with Crippen molar-refractivity contribution < 1.29 is 18.3 Å². The summed E-state index contributed by atoms with van der Waals surface area (Å²) in [6.45, 7) is 5.55. The van der Waals surface area contributed by atoms with E-state index in [-0.39, 0.29) is 12.4 Å². The smallest absolute Gasteiger partial charge is 0.214 e. The molecule has 1 aromatic rings. The standard InChI is InChI=1S/C20H29N3O4S/c1-2-3-8-28(25,26)23-12-17-10-22(11-18(17)13-23)14-19(24)15-27-20-6-4-16(9-21)5-7-20/h4-7,17-19,24H,2-3,8,10-15H2,1H3/t17?,18?,19-/m0/s1. The number of aliphatic hydroxyl groups is 1. The zero-order valence-electron chi connectivity index (χ0n) is 16.3. The monoisotopic (exact) mass is 407 g/mol. The van der Waals surface area contributed by atoms with Gasteiger partial charge in [-0.25, -0.2) is 12.7 Å². The Morgan fingerprint density at radius 1 is 1.21 bits per heavy atom. The van der Waals surface area contributed by atoms with Crippen molar-refractivity contribution in [3.8, 4) is 11.8 Å². The first-order valence-corrected chi connectivity index (χ1v) is 11.5. The maximum atomic E-state index is 12.4. The maximum Gasteiger partial charge on any atom is 0.214 e. The SMILES string of the molecule is CCCCS(=O)(=O)N1CC2CN(C[C@H](O)COc3ccc(C#N)cc3)CC2C1. The number of nitrogens with zero attached hydrogens (tertiary/aromatic N) is 3. The van der Waals surface area contributed by atoms with Gasteiger partial charge in [-0.15, -0.1) is 0 Å². The van der Waals surface area contributed by atoms with E-state index in [1.165, 1.54) is 0 Å². The molecule has 8 heteroatoms. The van der Waals surface area contributed by atoms with Crippen molar-refractivity contribution >= 4 is 10.0 Å². The molecule has 7 nitrogen and oxygen atoms in total. The second-order valence-electron chi connectivity index (χ2n) is 7.83. The lowest BCUT2D eigenvalue weighted by atomic mass is 10.0. The summed E-state index contributed by atoms with van der Waals surface area (Å²) in [6.07, 6.45) is 0.987. The van der Waals surface area contributed by atoms with Crippen LogP contribution in [0.4, 0.5) is 0 Å². The quantitative estimate of drug-likeness (QED) is 0.663. The summed E-state index contributed by atoms with van der Waals surface area (Å²) in [7, 11) is -3.12. The number of sulfonamides is 1. The molecule has 2 saturated heterocycles. The molecule has 0 radical (unpaired) electrons. The van der Waals surface area contributed by atoms with Gasteiger partial charge in [0.15, 0.2) is 0 Å². The summed E-state index contributed by atoms with van der Waals surface area (Å²) >= 11 is 0. The van der Waals surface area contributed by atoms with Crippen LogP contribution < -0.4 is 4.74 Å². The molecule has 2 aliphatic rings. The van der Waals surface area contributed by atoms with Crippen molar-refractivity contribution in [1.82, 2.24) is 9.21 Å². The van der Waals surface area contributed by atoms with Gasteiger partial charge in [0.05, 0.1) is 17.4 Å². The Hall–Kier alpha value is -1.66. The molecule has 0 saturated carbocycles. The lowest BCUT2D eigenvalue weighted by molar-refractivity contribution is 0.0729. The molecule has 0 aromatic heterocycles. The summed E-state index contributed by atoms with van der Waals surface area (Å²) < 4.78 is 32.0. The van der Waals surface area contributed by atoms with Gasteiger partial charge in [0.25, 0.3) is 0 Å². The second-order valence-corrected chi connectivity index (χ2v) is 9.91. The highest BCUT2D eigenvalue weighted by Gasteiger charge is 2.43. The molecule has 1 aromatic carbocycles. The first-order valence-electron chi connectivity index (χ1n) is 9.92. The van der Waals surface area contributed by atoms with Crippen LogP contribution in [0.5, 0.6) is 5.75 Å². The molecule has 0 amide bonds. The van der Waals surface area contributed by atoms with E-state index in [1.807, 2.05) is 6.92 Å². The van der Waals surface area contributed by atoms with Crippen molar-refractivity contribution in [2.24, 2.45) is 11.8 Å². The molecular weight excluding hydrogens is 378 g/mol. The van der Waals surface area contributed by atoms with Crippen LogP contribution in [-0.4, -0.2) is 73.9 Å². The van der Waals surface area contributed by atoms with Gasteiger partial charge < -0.3 is 9.84 Å². The van der Waals surface area contributed by atoms with E-state index in [4.69, 9.17) is 10.00 Å². The molecule has 0 bridgehead atoms. The van der Waals surface area contributed by atoms with Crippen molar-refractivity contribution in [2.75, 3.05) is 45.1 Å². The van der Waals surface area contributed by atoms with E-state index in [0.29, 0.717) is 49.2 Å². The summed E-state index contributed by atoms with van der Waals surface area (Å²) in [6, 6.07) is 8.87. The molecule has 2 unspecified atom stereocenters. The molecule has 154 valence electrons. The van der Waals surface area contributed by atoms with Crippen molar-refractivity contribution in [2.45, 2.75) is 25.9 Å². The molecule has 2 heterocycles. The van der Waals surface area contributed by atoms with Crippen LogP contribution in [0.2, 0.25) is 0 Å². The van der Waals surface area contributed by atoms with Gasteiger partial charge >= 0.3 is 0 Å². The minimum atomic E-state index is -3.12. The zero-order chi connectivity index (χ0) is 20.1. The molecule has 2 aliphatic heterocycles. The van der Waals surface area contributed by atoms with Gasteiger partial charge in [0.1, 0.15) is 18.5 Å². The molecule has 2 fully saturated rings. The second kappa shape index (κ2) is 9.23. The normalized spacial score (nSPS) is 24.0. The lowest BCUT2D eigenvalue weighted by Crippen LogP contribution is -2.38. The van der Waals surface area contributed by atoms with E-state index in [2.05, 4.69) is 11.0 Å². The molecule has 0 spiro atoms. The number of hydrogen-bond donors (Lipinski definition) is 1. The highest BCUT2D eigenvalue weighted by molar-refractivity contribution is 7.89. The maximum absolute atomic E-state index is 12.4. The third-order valence-corrected chi connectivity index (χ3v) is 7.46.